The molecular weight excluding hydrogens is 192 g/mol. The first kappa shape index (κ1) is 10.0. The lowest BCUT2D eigenvalue weighted by atomic mass is 10.2. The van der Waals surface area contributed by atoms with Gasteiger partial charge in [-0.1, -0.05) is 12.8 Å². The third-order valence-corrected chi connectivity index (χ3v) is 2.74. The molecule has 1 aliphatic rings. The number of hydrogen-bond acceptors (Lipinski definition) is 3. The van der Waals surface area contributed by atoms with Gasteiger partial charge in [0.15, 0.2) is 5.69 Å². The largest absolute Gasteiger partial charge is 0.395 e. The van der Waals surface area contributed by atoms with Gasteiger partial charge < -0.3 is 11.1 Å². The zero-order valence-electron chi connectivity index (χ0n) is 8.84. The number of nitrogens with zero attached hydrogens (tertiary/aromatic N) is 1. The number of nitrogens with two attached hydrogens (primary N) is 1. The lowest BCUT2D eigenvalue weighted by Crippen LogP contribution is -2.25. The Hall–Kier alpha value is -1.52. The fraction of sp³-hybridized carbons (Fsp3) is 0.600. The molecule has 1 aromatic heterocycles. The maximum absolute atomic E-state index is 11.6. The minimum absolute atomic E-state index is 0.183. The van der Waals surface area contributed by atoms with Crippen molar-refractivity contribution in [2.75, 3.05) is 12.3 Å². The standard InChI is InChI=1S/C10H16N4O/c1-6-8(11)9(14-13-6)10(15)12-5-4-7-2-3-7/h7H,2-5,11H2,1H3,(H,12,15)(H,13,14). The van der Waals surface area contributed by atoms with Crippen LogP contribution in [0.4, 0.5) is 5.69 Å². The van der Waals surface area contributed by atoms with E-state index >= 15 is 0 Å². The van der Waals surface area contributed by atoms with E-state index in [1.165, 1.54) is 12.8 Å². The van der Waals surface area contributed by atoms with Crippen LogP contribution in [0.2, 0.25) is 0 Å². The molecule has 1 amide bonds. The fourth-order valence-electron chi connectivity index (χ4n) is 1.49. The van der Waals surface area contributed by atoms with E-state index in [-0.39, 0.29) is 5.91 Å². The van der Waals surface area contributed by atoms with E-state index in [4.69, 9.17) is 5.73 Å². The van der Waals surface area contributed by atoms with Crippen LogP contribution in [-0.4, -0.2) is 22.6 Å². The summed E-state index contributed by atoms with van der Waals surface area (Å²) in [6.07, 6.45) is 3.67. The van der Waals surface area contributed by atoms with Crippen LogP contribution in [0.3, 0.4) is 0 Å². The minimum atomic E-state index is -0.183. The number of aromatic amines is 1. The molecule has 82 valence electrons. The molecule has 1 fully saturated rings. The summed E-state index contributed by atoms with van der Waals surface area (Å²) in [4.78, 5) is 11.6. The van der Waals surface area contributed by atoms with Gasteiger partial charge in [0.2, 0.25) is 0 Å². The number of hydrogen-bond donors (Lipinski definition) is 3. The Kier molecular flexibility index (Phi) is 2.62. The molecular formula is C10H16N4O. The van der Waals surface area contributed by atoms with Gasteiger partial charge in [-0.15, -0.1) is 0 Å². The van der Waals surface area contributed by atoms with Crippen molar-refractivity contribution in [1.82, 2.24) is 15.5 Å². The van der Waals surface area contributed by atoms with E-state index in [1.54, 1.807) is 6.92 Å². The number of aromatic nitrogens is 2. The zero-order chi connectivity index (χ0) is 10.8. The maximum Gasteiger partial charge on any atom is 0.273 e. The summed E-state index contributed by atoms with van der Waals surface area (Å²) in [6.45, 7) is 2.51. The highest BCUT2D eigenvalue weighted by molar-refractivity contribution is 5.97. The summed E-state index contributed by atoms with van der Waals surface area (Å²) < 4.78 is 0. The number of carbonyl (C=O) groups is 1. The van der Waals surface area contributed by atoms with Gasteiger partial charge in [0.25, 0.3) is 5.91 Å². The lowest BCUT2D eigenvalue weighted by molar-refractivity contribution is 0.0948. The van der Waals surface area contributed by atoms with Gasteiger partial charge in [0.1, 0.15) is 0 Å². The van der Waals surface area contributed by atoms with E-state index in [0.29, 0.717) is 11.4 Å². The first-order valence-corrected chi connectivity index (χ1v) is 5.27. The summed E-state index contributed by atoms with van der Waals surface area (Å²) in [5.74, 6) is 0.640. The van der Waals surface area contributed by atoms with Crippen molar-refractivity contribution in [2.24, 2.45) is 5.92 Å². The molecule has 0 atom stereocenters. The number of carbonyl (C=O) groups excluding carboxylic acids is 1. The second kappa shape index (κ2) is 3.92. The smallest absolute Gasteiger partial charge is 0.273 e. The van der Waals surface area contributed by atoms with Gasteiger partial charge in [-0.2, -0.15) is 5.10 Å². The predicted molar refractivity (Wildman–Crippen MR) is 57.4 cm³/mol. The molecule has 1 aliphatic carbocycles. The molecule has 5 nitrogen and oxygen atoms in total. The van der Waals surface area contributed by atoms with Crippen LogP contribution in [0.1, 0.15) is 35.4 Å². The topological polar surface area (TPSA) is 83.8 Å². The molecule has 0 bridgehead atoms. The first-order valence-electron chi connectivity index (χ1n) is 5.27. The number of nitrogen functional groups attached to an aromatic ring is 1. The number of aryl methyl sites for hydroxylation is 1. The molecule has 1 saturated carbocycles. The van der Waals surface area contributed by atoms with Crippen LogP contribution in [0.25, 0.3) is 0 Å². The van der Waals surface area contributed by atoms with Crippen molar-refractivity contribution in [1.29, 1.82) is 0 Å². The molecule has 1 aromatic rings. The molecule has 2 rings (SSSR count). The Morgan fingerprint density at radius 3 is 2.93 bits per heavy atom. The number of rotatable bonds is 4. The number of H-pyrrole nitrogens is 1. The summed E-state index contributed by atoms with van der Waals surface area (Å²) in [5.41, 5.74) is 7.18. The number of anilines is 1. The summed E-state index contributed by atoms with van der Waals surface area (Å²) in [6, 6.07) is 0. The van der Waals surface area contributed by atoms with Gasteiger partial charge in [0.05, 0.1) is 11.4 Å². The molecule has 0 unspecified atom stereocenters. The van der Waals surface area contributed by atoms with Crippen molar-refractivity contribution in [3.63, 3.8) is 0 Å². The van der Waals surface area contributed by atoms with Gasteiger partial charge in [-0.25, -0.2) is 0 Å². The Balaban J connectivity index is 1.86. The Labute approximate surface area is 88.4 Å². The average molecular weight is 208 g/mol. The molecule has 0 spiro atoms. The highest BCUT2D eigenvalue weighted by Crippen LogP contribution is 2.31. The molecule has 4 N–H and O–H groups in total. The molecule has 0 radical (unpaired) electrons. The monoisotopic (exact) mass is 208 g/mol. The highest BCUT2D eigenvalue weighted by Gasteiger charge is 2.21. The van der Waals surface area contributed by atoms with Crippen molar-refractivity contribution < 1.29 is 4.79 Å². The molecule has 0 saturated heterocycles. The van der Waals surface area contributed by atoms with Crippen molar-refractivity contribution >= 4 is 11.6 Å². The SMILES string of the molecule is Cc1[nH]nc(C(=O)NCCC2CC2)c1N. The second-order valence-corrected chi connectivity index (χ2v) is 4.10. The van der Waals surface area contributed by atoms with Crippen LogP contribution in [0.5, 0.6) is 0 Å². The number of nitrogens with one attached hydrogen (secondary N) is 2. The van der Waals surface area contributed by atoms with Gasteiger partial charge in [-0.3, -0.25) is 9.89 Å². The van der Waals surface area contributed by atoms with Crippen molar-refractivity contribution in [2.45, 2.75) is 26.2 Å². The molecule has 0 aromatic carbocycles. The van der Waals surface area contributed by atoms with Crippen LogP contribution in [-0.2, 0) is 0 Å². The summed E-state index contributed by atoms with van der Waals surface area (Å²) in [5, 5.41) is 9.38. The molecule has 5 heteroatoms. The Bertz CT molecular complexity index is 367. The minimum Gasteiger partial charge on any atom is -0.395 e. The first-order chi connectivity index (χ1) is 7.18. The van der Waals surface area contributed by atoms with Crippen LogP contribution in [0, 0.1) is 12.8 Å². The van der Waals surface area contributed by atoms with Gasteiger partial charge in [0, 0.05) is 6.54 Å². The number of amides is 1. The summed E-state index contributed by atoms with van der Waals surface area (Å²) in [7, 11) is 0. The average Bonchev–Trinajstić information content (AvgIpc) is 2.96. The molecule has 1 heterocycles. The van der Waals surface area contributed by atoms with Gasteiger partial charge >= 0.3 is 0 Å². The molecule has 0 aliphatic heterocycles. The third-order valence-electron chi connectivity index (χ3n) is 2.74. The summed E-state index contributed by atoms with van der Waals surface area (Å²) >= 11 is 0. The predicted octanol–water partition coefficient (Wildman–Crippen LogP) is 0.830. The quantitative estimate of drug-likeness (QED) is 0.685. The van der Waals surface area contributed by atoms with E-state index in [0.717, 1.165) is 24.6 Å². The Morgan fingerprint density at radius 2 is 2.40 bits per heavy atom. The van der Waals surface area contributed by atoms with Crippen LogP contribution < -0.4 is 11.1 Å². The van der Waals surface area contributed by atoms with Crippen LogP contribution >= 0.6 is 0 Å². The zero-order valence-corrected chi connectivity index (χ0v) is 8.84. The van der Waals surface area contributed by atoms with E-state index in [1.807, 2.05) is 0 Å². The fourth-order valence-corrected chi connectivity index (χ4v) is 1.49. The highest BCUT2D eigenvalue weighted by atomic mass is 16.1. The Morgan fingerprint density at radius 1 is 1.67 bits per heavy atom. The molecule has 15 heavy (non-hydrogen) atoms. The van der Waals surface area contributed by atoms with Crippen molar-refractivity contribution in [3.05, 3.63) is 11.4 Å². The van der Waals surface area contributed by atoms with Crippen LogP contribution in [0.15, 0.2) is 0 Å². The normalized spacial score (nSPS) is 15.3. The van der Waals surface area contributed by atoms with Crippen molar-refractivity contribution in [3.8, 4) is 0 Å². The second-order valence-electron chi connectivity index (χ2n) is 4.10. The third kappa shape index (κ3) is 2.29. The van der Waals surface area contributed by atoms with Gasteiger partial charge in [-0.05, 0) is 19.3 Å². The van der Waals surface area contributed by atoms with E-state index in [2.05, 4.69) is 15.5 Å². The maximum atomic E-state index is 11.6. The lowest BCUT2D eigenvalue weighted by Gasteiger charge is -2.02. The van der Waals surface area contributed by atoms with E-state index < -0.39 is 0 Å². The van der Waals surface area contributed by atoms with E-state index in [9.17, 15) is 4.79 Å².